The summed E-state index contributed by atoms with van der Waals surface area (Å²) in [6.07, 6.45) is 3.36. The van der Waals surface area contributed by atoms with E-state index in [9.17, 15) is 13.5 Å². The van der Waals surface area contributed by atoms with Crippen LogP contribution in [0.1, 0.15) is 17.9 Å². The monoisotopic (exact) mass is 321 g/mol. The first-order valence-corrected chi connectivity index (χ1v) is 8.71. The van der Waals surface area contributed by atoms with E-state index in [0.29, 0.717) is 19.5 Å². The molecule has 0 unspecified atom stereocenters. The van der Waals surface area contributed by atoms with Gasteiger partial charge in [-0.2, -0.15) is 4.31 Å². The summed E-state index contributed by atoms with van der Waals surface area (Å²) >= 11 is 0. The number of aliphatic hydroxyl groups is 1. The van der Waals surface area contributed by atoms with Crippen LogP contribution in [-0.2, 0) is 10.0 Å². The van der Waals surface area contributed by atoms with Crippen molar-refractivity contribution in [2.24, 2.45) is 5.92 Å². The van der Waals surface area contributed by atoms with E-state index in [2.05, 4.69) is 9.97 Å². The Kier molecular flexibility index (Phi) is 4.28. The summed E-state index contributed by atoms with van der Waals surface area (Å²) in [5, 5.41) is 9.79. The molecular formula is C15H19N3O3S. The molecule has 2 atom stereocenters. The van der Waals surface area contributed by atoms with E-state index in [1.54, 1.807) is 0 Å². The van der Waals surface area contributed by atoms with Gasteiger partial charge in [0.2, 0.25) is 0 Å². The van der Waals surface area contributed by atoms with Gasteiger partial charge in [-0.05, 0) is 17.9 Å². The predicted octanol–water partition coefficient (Wildman–Crippen LogP) is 1.20. The Morgan fingerprint density at radius 3 is 2.73 bits per heavy atom. The molecule has 1 aromatic heterocycles. The molecule has 22 heavy (non-hydrogen) atoms. The SMILES string of the molecule is O=S(=O)(c1cnc[nH]1)N1CC[C@@H](c2ccccc2)[C@@H](CO)C1. The number of benzene rings is 1. The molecule has 2 N–H and O–H groups in total. The van der Waals surface area contributed by atoms with Crippen LogP contribution < -0.4 is 0 Å². The van der Waals surface area contributed by atoms with Gasteiger partial charge in [0.1, 0.15) is 0 Å². The molecule has 0 amide bonds. The number of nitrogens with one attached hydrogen (secondary N) is 1. The highest BCUT2D eigenvalue weighted by Crippen LogP contribution is 2.34. The van der Waals surface area contributed by atoms with Gasteiger partial charge in [-0.15, -0.1) is 0 Å². The summed E-state index contributed by atoms with van der Waals surface area (Å²) in [6.45, 7) is 0.726. The average Bonchev–Trinajstić information content (AvgIpc) is 3.10. The second kappa shape index (κ2) is 6.20. The van der Waals surface area contributed by atoms with Gasteiger partial charge in [0.15, 0.2) is 5.03 Å². The number of H-pyrrole nitrogens is 1. The van der Waals surface area contributed by atoms with Crippen molar-refractivity contribution in [3.05, 3.63) is 48.4 Å². The highest BCUT2D eigenvalue weighted by Gasteiger charge is 2.36. The molecule has 1 saturated heterocycles. The minimum absolute atomic E-state index is 0.0332. The van der Waals surface area contributed by atoms with E-state index in [1.165, 1.54) is 16.8 Å². The fourth-order valence-electron chi connectivity index (χ4n) is 3.06. The minimum atomic E-state index is -3.56. The van der Waals surface area contributed by atoms with Gasteiger partial charge in [-0.1, -0.05) is 30.3 Å². The highest BCUT2D eigenvalue weighted by molar-refractivity contribution is 7.89. The quantitative estimate of drug-likeness (QED) is 0.886. The molecule has 0 spiro atoms. The molecule has 2 heterocycles. The maximum Gasteiger partial charge on any atom is 0.260 e. The lowest BCUT2D eigenvalue weighted by Gasteiger charge is -2.37. The number of nitrogens with zero attached hydrogens (tertiary/aromatic N) is 2. The summed E-state index contributed by atoms with van der Waals surface area (Å²) < 4.78 is 26.5. The van der Waals surface area contributed by atoms with Crippen LogP contribution in [0.4, 0.5) is 0 Å². The third-order valence-electron chi connectivity index (χ3n) is 4.25. The van der Waals surface area contributed by atoms with E-state index in [4.69, 9.17) is 0 Å². The molecule has 118 valence electrons. The second-order valence-corrected chi connectivity index (χ2v) is 7.43. The van der Waals surface area contributed by atoms with Crippen LogP contribution in [0, 0.1) is 5.92 Å². The lowest BCUT2D eigenvalue weighted by atomic mass is 9.82. The van der Waals surface area contributed by atoms with Crippen molar-refractivity contribution in [1.29, 1.82) is 0 Å². The summed E-state index contributed by atoms with van der Waals surface area (Å²) in [4.78, 5) is 6.42. The third-order valence-corrected chi connectivity index (χ3v) is 6.04. The predicted molar refractivity (Wildman–Crippen MR) is 81.7 cm³/mol. The van der Waals surface area contributed by atoms with Crippen molar-refractivity contribution in [3.8, 4) is 0 Å². The van der Waals surface area contributed by atoms with Gasteiger partial charge in [-0.25, -0.2) is 13.4 Å². The van der Waals surface area contributed by atoms with E-state index in [0.717, 1.165) is 5.56 Å². The van der Waals surface area contributed by atoms with Crippen LogP contribution in [0.5, 0.6) is 0 Å². The molecule has 2 aromatic rings. The first-order chi connectivity index (χ1) is 10.6. The number of piperidine rings is 1. The Bertz CT molecular complexity index is 701. The Hall–Kier alpha value is -1.70. The molecule has 0 saturated carbocycles. The van der Waals surface area contributed by atoms with Gasteiger partial charge in [0.05, 0.1) is 12.5 Å². The molecule has 0 radical (unpaired) electrons. The maximum atomic E-state index is 12.5. The van der Waals surface area contributed by atoms with Crippen LogP contribution in [-0.4, -0.2) is 47.5 Å². The van der Waals surface area contributed by atoms with Crippen molar-refractivity contribution in [2.75, 3.05) is 19.7 Å². The van der Waals surface area contributed by atoms with Crippen LogP contribution in [0.15, 0.2) is 47.9 Å². The van der Waals surface area contributed by atoms with E-state index in [1.807, 2.05) is 30.3 Å². The Balaban J connectivity index is 1.81. The number of aliphatic hydroxyl groups excluding tert-OH is 1. The molecule has 7 heteroatoms. The molecule has 1 aromatic carbocycles. The first-order valence-electron chi connectivity index (χ1n) is 7.27. The van der Waals surface area contributed by atoms with Crippen molar-refractivity contribution >= 4 is 10.0 Å². The number of hydrogen-bond donors (Lipinski definition) is 2. The molecular weight excluding hydrogens is 302 g/mol. The normalized spacial score (nSPS) is 23.5. The Morgan fingerprint density at radius 2 is 2.09 bits per heavy atom. The molecule has 1 fully saturated rings. The van der Waals surface area contributed by atoms with Crippen molar-refractivity contribution < 1.29 is 13.5 Å². The maximum absolute atomic E-state index is 12.5. The summed E-state index contributed by atoms with van der Waals surface area (Å²) in [5.74, 6) is 0.0771. The summed E-state index contributed by atoms with van der Waals surface area (Å²) in [7, 11) is -3.56. The zero-order valence-electron chi connectivity index (χ0n) is 12.1. The highest BCUT2D eigenvalue weighted by atomic mass is 32.2. The number of aromatic nitrogens is 2. The van der Waals surface area contributed by atoms with Crippen LogP contribution in [0.3, 0.4) is 0 Å². The smallest absolute Gasteiger partial charge is 0.260 e. The van der Waals surface area contributed by atoms with Crippen LogP contribution >= 0.6 is 0 Å². The van der Waals surface area contributed by atoms with Crippen molar-refractivity contribution in [1.82, 2.24) is 14.3 Å². The van der Waals surface area contributed by atoms with Gasteiger partial charge in [0.25, 0.3) is 10.0 Å². The zero-order valence-corrected chi connectivity index (χ0v) is 12.9. The van der Waals surface area contributed by atoms with E-state index >= 15 is 0 Å². The van der Waals surface area contributed by atoms with Gasteiger partial charge in [0, 0.05) is 25.6 Å². The topological polar surface area (TPSA) is 86.3 Å². The number of imidazole rings is 1. The van der Waals surface area contributed by atoms with E-state index in [-0.39, 0.29) is 23.5 Å². The standard InChI is InChI=1S/C15H19N3O3S/c19-10-13-9-18(22(20,21)15-8-16-11-17-15)7-6-14(13)12-4-2-1-3-5-12/h1-5,8,11,13-14,19H,6-7,9-10H2,(H,16,17)/t13-,14+/m1/s1. The molecule has 0 aliphatic carbocycles. The Morgan fingerprint density at radius 1 is 1.32 bits per heavy atom. The lowest BCUT2D eigenvalue weighted by molar-refractivity contribution is 0.144. The van der Waals surface area contributed by atoms with Crippen molar-refractivity contribution in [3.63, 3.8) is 0 Å². The minimum Gasteiger partial charge on any atom is -0.396 e. The number of hydrogen-bond acceptors (Lipinski definition) is 4. The fourth-order valence-corrected chi connectivity index (χ4v) is 4.47. The number of sulfonamides is 1. The number of rotatable bonds is 4. The van der Waals surface area contributed by atoms with Crippen LogP contribution in [0.25, 0.3) is 0 Å². The average molecular weight is 321 g/mol. The largest absolute Gasteiger partial charge is 0.396 e. The fraction of sp³-hybridized carbons (Fsp3) is 0.400. The van der Waals surface area contributed by atoms with Gasteiger partial charge in [-0.3, -0.25) is 0 Å². The zero-order chi connectivity index (χ0) is 15.6. The van der Waals surface area contributed by atoms with E-state index < -0.39 is 10.0 Å². The third kappa shape index (κ3) is 2.79. The second-order valence-electron chi connectivity index (χ2n) is 5.53. The van der Waals surface area contributed by atoms with Gasteiger partial charge >= 0.3 is 0 Å². The molecule has 0 bridgehead atoms. The molecule has 1 aliphatic rings. The Labute approximate surface area is 129 Å². The van der Waals surface area contributed by atoms with Crippen molar-refractivity contribution in [2.45, 2.75) is 17.4 Å². The van der Waals surface area contributed by atoms with Crippen LogP contribution in [0.2, 0.25) is 0 Å². The molecule has 3 rings (SSSR count). The molecule has 6 nitrogen and oxygen atoms in total. The first kappa shape index (κ1) is 15.2. The summed E-state index contributed by atoms with van der Waals surface area (Å²) in [5.41, 5.74) is 1.15. The molecule has 1 aliphatic heterocycles. The number of aromatic amines is 1. The summed E-state index contributed by atoms with van der Waals surface area (Å²) in [6, 6.07) is 9.96. The lowest BCUT2D eigenvalue weighted by Crippen LogP contribution is -2.44. The van der Waals surface area contributed by atoms with Gasteiger partial charge < -0.3 is 10.1 Å².